The van der Waals surface area contributed by atoms with Gasteiger partial charge in [0.2, 0.25) is 11.8 Å². The number of halogens is 1. The quantitative estimate of drug-likeness (QED) is 0.284. The summed E-state index contributed by atoms with van der Waals surface area (Å²) in [4.78, 5) is 60.9. The molecule has 208 valence electrons. The van der Waals surface area contributed by atoms with Gasteiger partial charge in [0.15, 0.2) is 0 Å². The van der Waals surface area contributed by atoms with Gasteiger partial charge in [0, 0.05) is 41.4 Å². The van der Waals surface area contributed by atoms with E-state index in [-0.39, 0.29) is 25.2 Å². The van der Waals surface area contributed by atoms with E-state index >= 15 is 0 Å². The fourth-order valence-electron chi connectivity index (χ4n) is 4.39. The normalized spacial score (nSPS) is 12.3. The molecule has 1 aromatic heterocycles. The van der Waals surface area contributed by atoms with Gasteiger partial charge in [-0.05, 0) is 48.5 Å². The van der Waals surface area contributed by atoms with E-state index in [0.29, 0.717) is 27.1 Å². The number of benzene rings is 3. The highest BCUT2D eigenvalue weighted by Crippen LogP contribution is 2.29. The smallest absolute Gasteiger partial charge is 0.299 e. The number of nitrogens with zero attached hydrogens (tertiary/aromatic N) is 4. The van der Waals surface area contributed by atoms with Crippen LogP contribution in [0.2, 0.25) is 5.02 Å². The van der Waals surface area contributed by atoms with Crippen LogP contribution in [0.15, 0.2) is 78.2 Å². The molecule has 3 amide bonds. The molecule has 2 heterocycles. The second-order valence-corrected chi connectivity index (χ2v) is 11.0. The van der Waals surface area contributed by atoms with E-state index in [1.54, 1.807) is 48.5 Å². The Labute approximate surface area is 246 Å². The van der Waals surface area contributed by atoms with Gasteiger partial charge in [0.1, 0.15) is 18.1 Å². The second-order valence-electron chi connectivity index (χ2n) is 9.61. The number of thiazole rings is 1. The average Bonchev–Trinajstić information content (AvgIpc) is 3.52. The third-order valence-electron chi connectivity index (χ3n) is 6.54. The van der Waals surface area contributed by atoms with E-state index in [1.165, 1.54) is 16.2 Å². The van der Waals surface area contributed by atoms with Crippen molar-refractivity contribution >= 4 is 63.5 Å². The Balaban J connectivity index is 1.35. The van der Waals surface area contributed by atoms with Crippen LogP contribution in [-0.4, -0.2) is 60.6 Å². The van der Waals surface area contributed by atoms with Crippen molar-refractivity contribution in [2.24, 2.45) is 0 Å². The van der Waals surface area contributed by atoms with E-state index in [4.69, 9.17) is 11.6 Å². The summed E-state index contributed by atoms with van der Waals surface area (Å²) in [6, 6.07) is 21.1. The van der Waals surface area contributed by atoms with E-state index in [9.17, 15) is 19.2 Å². The van der Waals surface area contributed by atoms with Crippen molar-refractivity contribution in [2.45, 2.75) is 6.54 Å². The first-order chi connectivity index (χ1) is 19.7. The largest absolute Gasteiger partial charge is 0.378 e. The Bertz CT molecular complexity index is 1620. The van der Waals surface area contributed by atoms with Gasteiger partial charge < -0.3 is 15.1 Å². The fourth-order valence-corrected chi connectivity index (χ4v) is 5.33. The number of ketones is 1. The van der Waals surface area contributed by atoms with Crippen molar-refractivity contribution in [3.63, 3.8) is 0 Å². The molecule has 0 spiro atoms. The Morgan fingerprint density at radius 1 is 0.976 bits per heavy atom. The van der Waals surface area contributed by atoms with Gasteiger partial charge in [-0.25, -0.2) is 4.98 Å². The second kappa shape index (κ2) is 11.9. The van der Waals surface area contributed by atoms with Gasteiger partial charge in [-0.2, -0.15) is 0 Å². The highest BCUT2D eigenvalue weighted by atomic mass is 35.5. The van der Waals surface area contributed by atoms with Crippen LogP contribution < -0.4 is 15.1 Å². The van der Waals surface area contributed by atoms with Gasteiger partial charge >= 0.3 is 0 Å². The number of rotatable bonds is 9. The van der Waals surface area contributed by atoms with Crippen LogP contribution in [0, 0.1) is 0 Å². The van der Waals surface area contributed by atoms with Crippen molar-refractivity contribution in [3.05, 3.63) is 93.8 Å². The zero-order valence-electron chi connectivity index (χ0n) is 22.3. The Hall–Kier alpha value is -4.54. The van der Waals surface area contributed by atoms with Crippen LogP contribution in [0.25, 0.3) is 11.3 Å². The topological polar surface area (TPSA) is 103 Å². The summed E-state index contributed by atoms with van der Waals surface area (Å²) in [6.07, 6.45) is 0. The predicted octanol–water partition coefficient (Wildman–Crippen LogP) is 4.73. The molecule has 0 aliphatic carbocycles. The van der Waals surface area contributed by atoms with Gasteiger partial charge in [-0.15, -0.1) is 11.3 Å². The van der Waals surface area contributed by atoms with Crippen LogP contribution in [0.4, 0.5) is 17.1 Å². The van der Waals surface area contributed by atoms with E-state index in [1.807, 2.05) is 48.6 Å². The lowest BCUT2D eigenvalue weighted by molar-refractivity contribution is -0.134. The average molecular weight is 588 g/mol. The number of anilines is 3. The molecule has 3 aromatic carbocycles. The highest BCUT2D eigenvalue weighted by molar-refractivity contribution is 7.09. The molecule has 9 nitrogen and oxygen atoms in total. The van der Waals surface area contributed by atoms with Crippen LogP contribution in [0.5, 0.6) is 0 Å². The SMILES string of the molecule is CN(C)c1ccc(NC(=O)CN(Cc2nc(-c3ccc(Cl)cc3)cs2)C(=O)CN2C(=O)C(=O)c3ccccc32)cc1. The summed E-state index contributed by atoms with van der Waals surface area (Å²) in [5.74, 6) is -2.34. The first-order valence-electron chi connectivity index (χ1n) is 12.7. The number of nitrogens with one attached hydrogen (secondary N) is 1. The van der Waals surface area contributed by atoms with Gasteiger partial charge in [0.05, 0.1) is 23.5 Å². The molecule has 0 unspecified atom stereocenters. The summed E-state index contributed by atoms with van der Waals surface area (Å²) in [5.41, 5.74) is 3.77. The first kappa shape index (κ1) is 28.0. The lowest BCUT2D eigenvalue weighted by Gasteiger charge is -2.24. The first-order valence-corrected chi connectivity index (χ1v) is 14.0. The number of Topliss-reactive ketones (excluding diaryl/α,β-unsaturated/α-hetero) is 1. The molecule has 0 bridgehead atoms. The summed E-state index contributed by atoms with van der Waals surface area (Å²) in [6.45, 7) is -0.620. The molecule has 0 atom stereocenters. The predicted molar refractivity (Wildman–Crippen MR) is 161 cm³/mol. The number of carbonyl (C=O) groups is 4. The minimum absolute atomic E-state index is 0.0434. The molecule has 0 radical (unpaired) electrons. The van der Waals surface area contributed by atoms with Crippen molar-refractivity contribution in [1.29, 1.82) is 0 Å². The third kappa shape index (κ3) is 6.29. The zero-order valence-corrected chi connectivity index (χ0v) is 23.9. The van der Waals surface area contributed by atoms with Crippen molar-refractivity contribution in [1.82, 2.24) is 9.88 Å². The third-order valence-corrected chi connectivity index (χ3v) is 7.63. The Morgan fingerprint density at radius 2 is 1.68 bits per heavy atom. The molecule has 1 aliphatic heterocycles. The molecule has 1 aliphatic rings. The zero-order chi connectivity index (χ0) is 29.1. The molecule has 5 rings (SSSR count). The molecule has 0 fully saturated rings. The van der Waals surface area contributed by atoms with Crippen LogP contribution in [0.3, 0.4) is 0 Å². The molecule has 11 heteroatoms. The monoisotopic (exact) mass is 587 g/mol. The molecule has 41 heavy (non-hydrogen) atoms. The minimum Gasteiger partial charge on any atom is -0.378 e. The molecular formula is C30H26ClN5O4S. The van der Waals surface area contributed by atoms with E-state index < -0.39 is 23.5 Å². The molecule has 1 N–H and O–H groups in total. The fraction of sp³-hybridized carbons (Fsp3) is 0.167. The van der Waals surface area contributed by atoms with E-state index in [2.05, 4.69) is 10.3 Å². The summed E-state index contributed by atoms with van der Waals surface area (Å²) < 4.78 is 0. The standard InChI is InChI=1S/C30H26ClN5O4S/c1-34(2)22-13-11-21(12-14-22)32-26(37)15-35(16-27-33-24(18-41-27)19-7-9-20(31)10-8-19)28(38)17-36-25-6-4-3-5-23(25)29(39)30(36)40/h3-14,18H,15-17H2,1-2H3,(H,32,37). The Kier molecular flexibility index (Phi) is 8.14. The molecule has 0 saturated heterocycles. The maximum atomic E-state index is 13.6. The number of hydrogen-bond acceptors (Lipinski definition) is 7. The minimum atomic E-state index is -0.774. The number of fused-ring (bicyclic) bond motifs is 1. The lowest BCUT2D eigenvalue weighted by atomic mass is 10.1. The van der Waals surface area contributed by atoms with Gasteiger partial charge in [-0.3, -0.25) is 24.1 Å². The molecular weight excluding hydrogens is 562 g/mol. The van der Waals surface area contributed by atoms with Crippen LogP contribution in [-0.2, 0) is 20.9 Å². The maximum absolute atomic E-state index is 13.6. The van der Waals surface area contributed by atoms with Crippen molar-refractivity contribution in [2.75, 3.05) is 42.3 Å². The highest BCUT2D eigenvalue weighted by Gasteiger charge is 2.37. The number of hydrogen-bond donors (Lipinski definition) is 1. The van der Waals surface area contributed by atoms with Gasteiger partial charge in [0.25, 0.3) is 11.7 Å². The number of para-hydroxylation sites is 1. The maximum Gasteiger partial charge on any atom is 0.299 e. The summed E-state index contributed by atoms with van der Waals surface area (Å²) in [7, 11) is 3.84. The number of carbonyl (C=O) groups excluding carboxylic acids is 4. The van der Waals surface area contributed by atoms with E-state index in [0.717, 1.165) is 16.2 Å². The van der Waals surface area contributed by atoms with Crippen LogP contribution >= 0.6 is 22.9 Å². The number of aromatic nitrogens is 1. The summed E-state index contributed by atoms with van der Waals surface area (Å²) in [5, 5.41) is 5.91. The number of amides is 3. The summed E-state index contributed by atoms with van der Waals surface area (Å²) >= 11 is 7.36. The molecule has 0 saturated carbocycles. The Morgan fingerprint density at radius 3 is 2.39 bits per heavy atom. The van der Waals surface area contributed by atoms with Crippen molar-refractivity contribution < 1.29 is 19.2 Å². The van der Waals surface area contributed by atoms with Gasteiger partial charge in [-0.1, -0.05) is 35.9 Å². The van der Waals surface area contributed by atoms with Crippen molar-refractivity contribution in [3.8, 4) is 11.3 Å². The molecule has 4 aromatic rings. The lowest BCUT2D eigenvalue weighted by Crippen LogP contribution is -2.45. The van der Waals surface area contributed by atoms with Crippen LogP contribution in [0.1, 0.15) is 15.4 Å².